The summed E-state index contributed by atoms with van der Waals surface area (Å²) in [6.07, 6.45) is 0.604. The summed E-state index contributed by atoms with van der Waals surface area (Å²) in [5.74, 6) is -0.107. The standard InChI is InChI=1S/C19H29NO4/c1-3-7-16(22)20-17-13(2)10-15(11-21)18(23)19(17)24-12-14-8-5-4-6-9-14/h4-6,8-9,13,15,17-19,21,23H,3,7,10-12H2,1-2H3,(H,20,22)/t13?,15-,17+,18-,19-/m1/s1. The molecule has 0 spiro atoms. The Hall–Kier alpha value is -1.43. The first-order valence-electron chi connectivity index (χ1n) is 8.80. The molecule has 0 aromatic heterocycles. The van der Waals surface area contributed by atoms with Gasteiger partial charge in [-0.15, -0.1) is 0 Å². The van der Waals surface area contributed by atoms with Crippen molar-refractivity contribution in [1.82, 2.24) is 5.32 Å². The van der Waals surface area contributed by atoms with Crippen molar-refractivity contribution in [3.8, 4) is 0 Å². The molecule has 0 aliphatic heterocycles. The minimum absolute atomic E-state index is 0.0164. The fraction of sp³-hybridized carbons (Fsp3) is 0.632. The number of carbonyl (C=O) groups is 1. The minimum Gasteiger partial charge on any atom is -0.396 e. The highest BCUT2D eigenvalue weighted by Gasteiger charge is 2.43. The van der Waals surface area contributed by atoms with E-state index in [4.69, 9.17) is 4.74 Å². The molecule has 1 saturated carbocycles. The number of hydrogen-bond acceptors (Lipinski definition) is 4. The van der Waals surface area contributed by atoms with E-state index in [1.807, 2.05) is 44.2 Å². The molecule has 0 saturated heterocycles. The normalized spacial score (nSPS) is 30.1. The average molecular weight is 335 g/mol. The molecule has 1 aliphatic carbocycles. The van der Waals surface area contributed by atoms with Gasteiger partial charge >= 0.3 is 0 Å². The maximum atomic E-state index is 12.0. The molecule has 5 heteroatoms. The number of ether oxygens (including phenoxy) is 1. The molecule has 1 aromatic rings. The molecule has 0 heterocycles. The second-order valence-corrected chi connectivity index (χ2v) is 6.75. The van der Waals surface area contributed by atoms with Crippen LogP contribution in [0.3, 0.4) is 0 Å². The van der Waals surface area contributed by atoms with Crippen molar-refractivity contribution >= 4 is 5.91 Å². The van der Waals surface area contributed by atoms with Gasteiger partial charge in [-0.3, -0.25) is 4.79 Å². The lowest BCUT2D eigenvalue weighted by atomic mass is 9.75. The summed E-state index contributed by atoms with van der Waals surface area (Å²) in [6, 6.07) is 9.51. The van der Waals surface area contributed by atoms with Crippen molar-refractivity contribution in [2.24, 2.45) is 11.8 Å². The second-order valence-electron chi connectivity index (χ2n) is 6.75. The summed E-state index contributed by atoms with van der Waals surface area (Å²) in [4.78, 5) is 12.0. The predicted molar refractivity (Wildman–Crippen MR) is 92.2 cm³/mol. The largest absolute Gasteiger partial charge is 0.396 e. The van der Waals surface area contributed by atoms with Crippen LogP contribution in [-0.4, -0.2) is 41.0 Å². The number of amides is 1. The lowest BCUT2D eigenvalue weighted by molar-refractivity contribution is -0.140. The van der Waals surface area contributed by atoms with Crippen LogP contribution in [0.25, 0.3) is 0 Å². The Morgan fingerprint density at radius 1 is 1.33 bits per heavy atom. The first-order valence-corrected chi connectivity index (χ1v) is 8.80. The molecule has 0 radical (unpaired) electrons. The number of aliphatic hydroxyl groups is 2. The molecule has 1 amide bonds. The van der Waals surface area contributed by atoms with Crippen LogP contribution in [0.5, 0.6) is 0 Å². The Labute approximate surface area is 144 Å². The van der Waals surface area contributed by atoms with Crippen molar-refractivity contribution < 1.29 is 19.7 Å². The van der Waals surface area contributed by atoms with Crippen LogP contribution in [0.15, 0.2) is 30.3 Å². The van der Waals surface area contributed by atoms with Crippen molar-refractivity contribution in [3.63, 3.8) is 0 Å². The number of rotatable bonds is 7. The summed E-state index contributed by atoms with van der Waals surface area (Å²) in [6.45, 7) is 4.29. The van der Waals surface area contributed by atoms with E-state index in [1.54, 1.807) is 0 Å². The van der Waals surface area contributed by atoms with Gasteiger partial charge in [0.25, 0.3) is 0 Å². The van der Waals surface area contributed by atoms with Gasteiger partial charge < -0.3 is 20.3 Å². The molecular formula is C19H29NO4. The molecular weight excluding hydrogens is 306 g/mol. The van der Waals surface area contributed by atoms with E-state index in [9.17, 15) is 15.0 Å². The molecule has 1 fully saturated rings. The number of benzene rings is 1. The van der Waals surface area contributed by atoms with Gasteiger partial charge in [0.2, 0.25) is 5.91 Å². The Morgan fingerprint density at radius 3 is 2.67 bits per heavy atom. The molecule has 3 N–H and O–H groups in total. The van der Waals surface area contributed by atoms with Gasteiger partial charge in [0, 0.05) is 18.9 Å². The van der Waals surface area contributed by atoms with Gasteiger partial charge in [-0.1, -0.05) is 44.2 Å². The van der Waals surface area contributed by atoms with Crippen molar-refractivity contribution in [2.45, 2.75) is 58.0 Å². The summed E-state index contributed by atoms with van der Waals surface area (Å²) in [5.41, 5.74) is 1.02. The van der Waals surface area contributed by atoms with E-state index in [2.05, 4.69) is 5.32 Å². The summed E-state index contributed by atoms with van der Waals surface area (Å²) in [5, 5.41) is 23.2. The zero-order chi connectivity index (χ0) is 17.5. The molecule has 5 atom stereocenters. The van der Waals surface area contributed by atoms with Crippen molar-refractivity contribution in [1.29, 1.82) is 0 Å². The van der Waals surface area contributed by atoms with Crippen LogP contribution in [0.4, 0.5) is 0 Å². The SMILES string of the molecule is CCCC(=O)N[C@H]1C(C)C[C@H](CO)[C@@H](O)[C@@H]1OCc1ccccc1. The summed E-state index contributed by atoms with van der Waals surface area (Å²) in [7, 11) is 0. The maximum Gasteiger partial charge on any atom is 0.220 e. The monoisotopic (exact) mass is 335 g/mol. The van der Waals surface area contributed by atoms with E-state index < -0.39 is 12.2 Å². The number of aliphatic hydroxyl groups excluding tert-OH is 2. The van der Waals surface area contributed by atoms with E-state index in [0.29, 0.717) is 19.4 Å². The Bertz CT molecular complexity index is 507. The van der Waals surface area contributed by atoms with Gasteiger partial charge in [-0.05, 0) is 24.3 Å². The Kier molecular flexibility index (Phi) is 7.21. The van der Waals surface area contributed by atoms with Crippen LogP contribution < -0.4 is 5.32 Å². The van der Waals surface area contributed by atoms with Crippen LogP contribution in [0.1, 0.15) is 38.7 Å². The molecule has 2 rings (SSSR count). The Morgan fingerprint density at radius 2 is 2.04 bits per heavy atom. The molecule has 5 nitrogen and oxygen atoms in total. The molecule has 1 aromatic carbocycles. The van der Waals surface area contributed by atoms with Gasteiger partial charge in [-0.2, -0.15) is 0 Å². The molecule has 1 aliphatic rings. The molecule has 1 unspecified atom stereocenters. The van der Waals surface area contributed by atoms with E-state index in [1.165, 1.54) is 0 Å². The van der Waals surface area contributed by atoms with Gasteiger partial charge in [-0.25, -0.2) is 0 Å². The highest BCUT2D eigenvalue weighted by atomic mass is 16.5. The molecule has 134 valence electrons. The lowest BCUT2D eigenvalue weighted by Crippen LogP contribution is -2.59. The topological polar surface area (TPSA) is 78.8 Å². The number of hydrogen-bond donors (Lipinski definition) is 3. The smallest absolute Gasteiger partial charge is 0.220 e. The van der Waals surface area contributed by atoms with Gasteiger partial charge in [0.1, 0.15) is 6.10 Å². The highest BCUT2D eigenvalue weighted by Crippen LogP contribution is 2.32. The third-order valence-corrected chi connectivity index (χ3v) is 4.79. The molecule has 0 bridgehead atoms. The van der Waals surface area contributed by atoms with E-state index in [-0.39, 0.29) is 30.4 Å². The van der Waals surface area contributed by atoms with Crippen LogP contribution in [0, 0.1) is 11.8 Å². The van der Waals surface area contributed by atoms with E-state index >= 15 is 0 Å². The lowest BCUT2D eigenvalue weighted by Gasteiger charge is -2.43. The summed E-state index contributed by atoms with van der Waals surface area (Å²) >= 11 is 0. The van der Waals surface area contributed by atoms with Gasteiger partial charge in [0.15, 0.2) is 0 Å². The van der Waals surface area contributed by atoms with Crippen LogP contribution >= 0.6 is 0 Å². The third kappa shape index (κ3) is 4.79. The van der Waals surface area contributed by atoms with Crippen molar-refractivity contribution in [2.75, 3.05) is 6.61 Å². The van der Waals surface area contributed by atoms with Crippen LogP contribution in [0.2, 0.25) is 0 Å². The molecule has 24 heavy (non-hydrogen) atoms. The Balaban J connectivity index is 2.09. The number of nitrogens with one attached hydrogen (secondary N) is 1. The van der Waals surface area contributed by atoms with E-state index in [0.717, 1.165) is 12.0 Å². The first-order chi connectivity index (χ1) is 11.6. The highest BCUT2D eigenvalue weighted by molar-refractivity contribution is 5.76. The first kappa shape index (κ1) is 18.9. The minimum atomic E-state index is -0.790. The quantitative estimate of drug-likeness (QED) is 0.711. The zero-order valence-electron chi connectivity index (χ0n) is 14.5. The summed E-state index contributed by atoms with van der Waals surface area (Å²) < 4.78 is 6.00. The van der Waals surface area contributed by atoms with Crippen LogP contribution in [-0.2, 0) is 16.1 Å². The zero-order valence-corrected chi connectivity index (χ0v) is 14.5. The average Bonchev–Trinajstić information content (AvgIpc) is 2.58. The maximum absolute atomic E-state index is 12.0. The fourth-order valence-electron chi connectivity index (χ4n) is 3.43. The number of carbonyl (C=O) groups excluding carboxylic acids is 1. The second kappa shape index (κ2) is 9.16. The fourth-order valence-corrected chi connectivity index (χ4v) is 3.43. The van der Waals surface area contributed by atoms with Gasteiger partial charge in [0.05, 0.1) is 18.8 Å². The predicted octanol–water partition coefficient (Wildman–Crippen LogP) is 1.87. The third-order valence-electron chi connectivity index (χ3n) is 4.79. The van der Waals surface area contributed by atoms with Crippen molar-refractivity contribution in [3.05, 3.63) is 35.9 Å².